The molecule has 3 rings (SSSR count). The number of nitrogens with zero attached hydrogens (tertiary/aromatic N) is 3. The van der Waals surface area contributed by atoms with Crippen molar-refractivity contribution in [3.8, 4) is 11.4 Å². The summed E-state index contributed by atoms with van der Waals surface area (Å²) in [5, 5.41) is 6.54. The molecule has 2 heterocycles. The van der Waals surface area contributed by atoms with E-state index in [0.29, 0.717) is 30.2 Å². The van der Waals surface area contributed by atoms with Crippen LogP contribution in [0.4, 0.5) is 10.1 Å². The zero-order chi connectivity index (χ0) is 16.8. The Morgan fingerprint density at radius 2 is 2.17 bits per heavy atom. The number of carbonyl (C=O) groups excluding carboxylic acids is 1. The molecule has 2 aromatic heterocycles. The van der Waals surface area contributed by atoms with Crippen molar-refractivity contribution in [3.05, 3.63) is 60.5 Å². The van der Waals surface area contributed by atoms with Crippen LogP contribution in [-0.2, 0) is 11.2 Å². The zero-order valence-corrected chi connectivity index (χ0v) is 12.8. The maximum Gasteiger partial charge on any atom is 0.226 e. The molecule has 0 radical (unpaired) electrons. The second-order valence-corrected chi connectivity index (χ2v) is 5.17. The van der Waals surface area contributed by atoms with Gasteiger partial charge in [0.05, 0.1) is 0 Å². The monoisotopic (exact) mass is 326 g/mol. The minimum absolute atomic E-state index is 0.187. The summed E-state index contributed by atoms with van der Waals surface area (Å²) >= 11 is 0. The molecule has 0 aliphatic carbocycles. The molecule has 6 nitrogen and oxygen atoms in total. The Morgan fingerprint density at radius 3 is 2.96 bits per heavy atom. The molecule has 0 fully saturated rings. The van der Waals surface area contributed by atoms with Crippen LogP contribution in [0, 0.1) is 5.82 Å². The predicted octanol–water partition coefficient (Wildman–Crippen LogP) is 3.23. The van der Waals surface area contributed by atoms with Crippen LogP contribution in [0.2, 0.25) is 0 Å². The number of amides is 1. The van der Waals surface area contributed by atoms with Crippen molar-refractivity contribution in [3.63, 3.8) is 0 Å². The molecule has 1 aromatic carbocycles. The van der Waals surface area contributed by atoms with Gasteiger partial charge >= 0.3 is 0 Å². The van der Waals surface area contributed by atoms with E-state index in [9.17, 15) is 9.18 Å². The minimum atomic E-state index is -0.387. The highest BCUT2D eigenvalue weighted by Crippen LogP contribution is 2.15. The van der Waals surface area contributed by atoms with Crippen molar-refractivity contribution in [2.75, 3.05) is 5.32 Å². The molecular weight excluding hydrogens is 311 g/mol. The lowest BCUT2D eigenvalue weighted by molar-refractivity contribution is -0.116. The van der Waals surface area contributed by atoms with Gasteiger partial charge in [0.2, 0.25) is 17.6 Å². The second kappa shape index (κ2) is 7.45. The summed E-state index contributed by atoms with van der Waals surface area (Å²) in [4.78, 5) is 20.1. The summed E-state index contributed by atoms with van der Waals surface area (Å²) in [6, 6.07) is 9.42. The van der Waals surface area contributed by atoms with Gasteiger partial charge in [0.15, 0.2) is 0 Å². The average molecular weight is 326 g/mol. The number of rotatable bonds is 6. The quantitative estimate of drug-likeness (QED) is 0.752. The van der Waals surface area contributed by atoms with Crippen LogP contribution in [0.25, 0.3) is 11.4 Å². The molecule has 0 atom stereocenters. The maximum absolute atomic E-state index is 13.0. The van der Waals surface area contributed by atoms with E-state index in [2.05, 4.69) is 20.4 Å². The summed E-state index contributed by atoms with van der Waals surface area (Å²) in [6.45, 7) is 0. The van der Waals surface area contributed by atoms with E-state index >= 15 is 0 Å². The number of aromatic nitrogens is 3. The Kier molecular flexibility index (Phi) is 4.90. The first-order valence-electron chi connectivity index (χ1n) is 7.49. The van der Waals surface area contributed by atoms with Gasteiger partial charge in [-0.2, -0.15) is 4.98 Å². The predicted molar refractivity (Wildman–Crippen MR) is 85.5 cm³/mol. The van der Waals surface area contributed by atoms with Gasteiger partial charge in [-0.05, 0) is 36.8 Å². The number of halogens is 1. The molecule has 122 valence electrons. The lowest BCUT2D eigenvalue weighted by Crippen LogP contribution is -2.11. The molecule has 0 saturated heterocycles. The van der Waals surface area contributed by atoms with E-state index in [1.54, 1.807) is 30.6 Å². The lowest BCUT2D eigenvalue weighted by atomic mass is 10.2. The summed E-state index contributed by atoms with van der Waals surface area (Å²) in [6.07, 6.45) is 4.64. The lowest BCUT2D eigenvalue weighted by Gasteiger charge is -2.04. The van der Waals surface area contributed by atoms with E-state index in [0.717, 1.165) is 5.56 Å². The van der Waals surface area contributed by atoms with Crippen LogP contribution in [0.5, 0.6) is 0 Å². The van der Waals surface area contributed by atoms with Crippen molar-refractivity contribution in [2.24, 2.45) is 0 Å². The SMILES string of the molecule is O=C(CCCc1nc(-c2cccnc2)no1)Nc1cccc(F)c1. The fourth-order valence-electron chi connectivity index (χ4n) is 2.16. The van der Waals surface area contributed by atoms with E-state index in [1.807, 2.05) is 6.07 Å². The molecule has 0 unspecified atom stereocenters. The van der Waals surface area contributed by atoms with E-state index < -0.39 is 0 Å². The smallest absolute Gasteiger partial charge is 0.226 e. The minimum Gasteiger partial charge on any atom is -0.339 e. The Morgan fingerprint density at radius 1 is 1.25 bits per heavy atom. The second-order valence-electron chi connectivity index (χ2n) is 5.17. The number of hydrogen-bond acceptors (Lipinski definition) is 5. The fourth-order valence-corrected chi connectivity index (χ4v) is 2.16. The Hall–Kier alpha value is -3.09. The molecule has 24 heavy (non-hydrogen) atoms. The largest absolute Gasteiger partial charge is 0.339 e. The van der Waals surface area contributed by atoms with E-state index in [1.165, 1.54) is 12.1 Å². The van der Waals surface area contributed by atoms with Gasteiger partial charge in [-0.1, -0.05) is 11.2 Å². The van der Waals surface area contributed by atoms with Crippen LogP contribution < -0.4 is 5.32 Å². The first-order chi connectivity index (χ1) is 11.7. The van der Waals surface area contributed by atoms with Gasteiger partial charge in [-0.25, -0.2) is 4.39 Å². The zero-order valence-electron chi connectivity index (χ0n) is 12.8. The number of pyridine rings is 1. The van der Waals surface area contributed by atoms with Crippen molar-refractivity contribution < 1.29 is 13.7 Å². The topological polar surface area (TPSA) is 80.9 Å². The number of nitrogens with one attached hydrogen (secondary N) is 1. The third kappa shape index (κ3) is 4.22. The number of carbonyl (C=O) groups is 1. The number of aryl methyl sites for hydroxylation is 1. The van der Waals surface area contributed by atoms with Crippen molar-refractivity contribution in [2.45, 2.75) is 19.3 Å². The van der Waals surface area contributed by atoms with Crippen molar-refractivity contribution in [1.29, 1.82) is 0 Å². The first-order valence-corrected chi connectivity index (χ1v) is 7.49. The molecule has 0 spiro atoms. The van der Waals surface area contributed by atoms with Crippen molar-refractivity contribution >= 4 is 11.6 Å². The third-order valence-electron chi connectivity index (χ3n) is 3.29. The molecule has 0 saturated carbocycles. The van der Waals surface area contributed by atoms with E-state index in [-0.39, 0.29) is 18.1 Å². The highest BCUT2D eigenvalue weighted by Gasteiger charge is 2.10. The first kappa shape index (κ1) is 15.8. The molecule has 7 heteroatoms. The van der Waals surface area contributed by atoms with Crippen molar-refractivity contribution in [1.82, 2.24) is 15.1 Å². The van der Waals surface area contributed by atoms with Crippen LogP contribution in [-0.4, -0.2) is 21.0 Å². The van der Waals surface area contributed by atoms with Crippen LogP contribution >= 0.6 is 0 Å². The Balaban J connectivity index is 1.48. The standard InChI is InChI=1S/C17H15FN4O2/c18-13-5-1-6-14(10-13)20-15(23)7-2-8-16-21-17(22-24-16)12-4-3-9-19-11-12/h1,3-6,9-11H,2,7-8H2,(H,20,23). The van der Waals surface area contributed by atoms with Gasteiger partial charge in [0.1, 0.15) is 5.82 Å². The molecule has 0 aliphatic rings. The van der Waals surface area contributed by atoms with Gasteiger partial charge in [-0.15, -0.1) is 0 Å². The molecule has 0 aliphatic heterocycles. The summed E-state index contributed by atoms with van der Waals surface area (Å²) in [7, 11) is 0. The number of hydrogen-bond donors (Lipinski definition) is 1. The summed E-state index contributed by atoms with van der Waals surface area (Å²) in [5.74, 6) is 0.365. The highest BCUT2D eigenvalue weighted by atomic mass is 19.1. The molecule has 0 bridgehead atoms. The summed E-state index contributed by atoms with van der Waals surface area (Å²) in [5.41, 5.74) is 1.22. The molecule has 1 amide bonds. The third-order valence-corrected chi connectivity index (χ3v) is 3.29. The van der Waals surface area contributed by atoms with Gasteiger partial charge in [0, 0.05) is 36.5 Å². The van der Waals surface area contributed by atoms with Crippen LogP contribution in [0.1, 0.15) is 18.7 Å². The highest BCUT2D eigenvalue weighted by molar-refractivity contribution is 5.90. The molecule has 1 N–H and O–H groups in total. The van der Waals surface area contributed by atoms with Gasteiger partial charge in [0.25, 0.3) is 0 Å². The number of anilines is 1. The van der Waals surface area contributed by atoms with Crippen LogP contribution in [0.3, 0.4) is 0 Å². The fraction of sp³-hybridized carbons (Fsp3) is 0.176. The Labute approximate surface area is 137 Å². The van der Waals surface area contributed by atoms with Crippen LogP contribution in [0.15, 0.2) is 53.3 Å². The van der Waals surface area contributed by atoms with Gasteiger partial charge in [-0.3, -0.25) is 9.78 Å². The maximum atomic E-state index is 13.0. The normalized spacial score (nSPS) is 10.5. The van der Waals surface area contributed by atoms with E-state index in [4.69, 9.17) is 4.52 Å². The number of benzene rings is 1. The Bertz CT molecular complexity index is 820. The molecule has 3 aromatic rings. The molecular formula is C17H15FN4O2. The average Bonchev–Trinajstić information content (AvgIpc) is 3.04. The summed E-state index contributed by atoms with van der Waals surface area (Å²) < 4.78 is 18.2. The van der Waals surface area contributed by atoms with Gasteiger partial charge < -0.3 is 9.84 Å².